The summed E-state index contributed by atoms with van der Waals surface area (Å²) in [6, 6.07) is 7.69. The highest BCUT2D eigenvalue weighted by Gasteiger charge is 2.28. The van der Waals surface area contributed by atoms with Gasteiger partial charge in [-0.15, -0.1) is 0 Å². The summed E-state index contributed by atoms with van der Waals surface area (Å²) in [4.78, 5) is 18.7. The zero-order chi connectivity index (χ0) is 24.0. The lowest BCUT2D eigenvalue weighted by Crippen LogP contribution is -2.43. The minimum Gasteiger partial charge on any atom is -0.381 e. The van der Waals surface area contributed by atoms with Gasteiger partial charge >= 0.3 is 0 Å². The number of likely N-dealkylation sites (tertiary alicyclic amines) is 1. The molecule has 0 aliphatic carbocycles. The molecular weight excluding hydrogens is 424 g/mol. The van der Waals surface area contributed by atoms with Crippen LogP contribution in [0.4, 0.5) is 0 Å². The van der Waals surface area contributed by atoms with Crippen molar-refractivity contribution in [1.29, 1.82) is 0 Å². The van der Waals surface area contributed by atoms with Gasteiger partial charge in [0.25, 0.3) is 5.56 Å². The number of nitrogens with one attached hydrogen (secondary N) is 1. The molecular formula is C28H38N4O2. The average molecular weight is 463 g/mol. The molecule has 3 aromatic rings. The first-order valence-electron chi connectivity index (χ1n) is 12.9. The topological polar surface area (TPSA) is 63.2 Å². The van der Waals surface area contributed by atoms with Crippen LogP contribution in [-0.4, -0.2) is 52.0 Å². The third-order valence-corrected chi connectivity index (χ3v) is 8.17. The normalized spacial score (nSPS) is 18.9. The second-order valence-electron chi connectivity index (χ2n) is 10.6. The SMILES string of the molecule is Cc1c(-c2[nH]c3ccc(C4CCN(C5CCOCC5)CC4)cc3c2C(C)C)nn(C)c(=O)c1C. The predicted molar refractivity (Wildman–Crippen MR) is 138 cm³/mol. The van der Waals surface area contributed by atoms with Crippen LogP contribution in [-0.2, 0) is 11.8 Å². The fourth-order valence-corrected chi connectivity index (χ4v) is 6.01. The van der Waals surface area contributed by atoms with Gasteiger partial charge in [0.2, 0.25) is 0 Å². The molecule has 0 atom stereocenters. The quantitative estimate of drug-likeness (QED) is 0.591. The Balaban J connectivity index is 1.47. The Hall–Kier alpha value is -2.44. The number of rotatable bonds is 4. The fourth-order valence-electron chi connectivity index (χ4n) is 6.01. The lowest BCUT2D eigenvalue weighted by Gasteiger charge is -2.39. The summed E-state index contributed by atoms with van der Waals surface area (Å²) in [5.74, 6) is 0.951. The van der Waals surface area contributed by atoms with Crippen molar-refractivity contribution >= 4 is 10.9 Å². The Bertz CT molecular complexity index is 1240. The average Bonchev–Trinajstić information content (AvgIpc) is 3.24. The Morgan fingerprint density at radius 1 is 1.06 bits per heavy atom. The van der Waals surface area contributed by atoms with E-state index in [4.69, 9.17) is 4.74 Å². The van der Waals surface area contributed by atoms with Gasteiger partial charge in [-0.2, -0.15) is 5.10 Å². The van der Waals surface area contributed by atoms with Crippen LogP contribution in [0.15, 0.2) is 23.0 Å². The molecule has 0 amide bonds. The Morgan fingerprint density at radius 2 is 1.76 bits per heavy atom. The van der Waals surface area contributed by atoms with Crippen molar-refractivity contribution in [3.63, 3.8) is 0 Å². The van der Waals surface area contributed by atoms with Crippen molar-refractivity contribution < 1.29 is 4.74 Å². The molecule has 2 aliphatic rings. The van der Waals surface area contributed by atoms with E-state index in [0.29, 0.717) is 17.9 Å². The number of hydrogen-bond acceptors (Lipinski definition) is 4. The van der Waals surface area contributed by atoms with Gasteiger partial charge in [-0.05, 0) is 93.3 Å². The van der Waals surface area contributed by atoms with E-state index in [1.54, 1.807) is 7.05 Å². The van der Waals surface area contributed by atoms with Gasteiger partial charge in [0.05, 0.1) is 5.69 Å². The van der Waals surface area contributed by atoms with E-state index >= 15 is 0 Å². The maximum Gasteiger partial charge on any atom is 0.269 e. The van der Waals surface area contributed by atoms with Gasteiger partial charge in [0.1, 0.15) is 5.69 Å². The third-order valence-electron chi connectivity index (χ3n) is 8.17. The van der Waals surface area contributed by atoms with Gasteiger partial charge in [-0.3, -0.25) is 4.79 Å². The Kier molecular flexibility index (Phi) is 6.38. The van der Waals surface area contributed by atoms with E-state index in [1.807, 2.05) is 13.8 Å². The molecule has 0 bridgehead atoms. The molecule has 2 saturated heterocycles. The molecule has 2 aromatic heterocycles. The van der Waals surface area contributed by atoms with Gasteiger partial charge in [-0.25, -0.2) is 4.68 Å². The molecule has 1 aromatic carbocycles. The summed E-state index contributed by atoms with van der Waals surface area (Å²) < 4.78 is 7.02. The van der Waals surface area contributed by atoms with Crippen molar-refractivity contribution in [1.82, 2.24) is 19.7 Å². The molecule has 5 rings (SSSR count). The zero-order valence-corrected chi connectivity index (χ0v) is 21.3. The zero-order valence-electron chi connectivity index (χ0n) is 21.3. The van der Waals surface area contributed by atoms with Gasteiger partial charge in [-0.1, -0.05) is 19.9 Å². The molecule has 6 heteroatoms. The van der Waals surface area contributed by atoms with E-state index in [-0.39, 0.29) is 5.56 Å². The van der Waals surface area contributed by atoms with Gasteiger partial charge < -0.3 is 14.6 Å². The molecule has 0 unspecified atom stereocenters. The number of aryl methyl sites for hydroxylation is 1. The van der Waals surface area contributed by atoms with Crippen LogP contribution in [0.2, 0.25) is 0 Å². The Labute approximate surface area is 202 Å². The fraction of sp³-hybridized carbons (Fsp3) is 0.571. The molecule has 182 valence electrons. The number of fused-ring (bicyclic) bond motifs is 1. The number of benzene rings is 1. The first-order chi connectivity index (χ1) is 16.3. The van der Waals surface area contributed by atoms with Crippen LogP contribution in [0.5, 0.6) is 0 Å². The number of hydrogen-bond donors (Lipinski definition) is 1. The second-order valence-corrected chi connectivity index (χ2v) is 10.6. The van der Waals surface area contributed by atoms with Gasteiger partial charge in [0.15, 0.2) is 0 Å². The van der Waals surface area contributed by atoms with Crippen molar-refractivity contribution in [2.45, 2.75) is 71.3 Å². The second kappa shape index (κ2) is 9.31. The lowest BCUT2D eigenvalue weighted by molar-refractivity contribution is 0.0252. The molecule has 0 radical (unpaired) electrons. The molecule has 2 aliphatic heterocycles. The summed E-state index contributed by atoms with van der Waals surface area (Å²) in [5, 5.41) is 5.96. The standard InChI is InChI=1S/C28H38N4O2/c1-17(2)25-23-16-21(20-8-12-32(13-9-20)22-10-14-34-15-11-22)6-7-24(23)29-27(25)26-18(3)19(4)28(33)31(5)30-26/h6-7,16-17,20,22,29H,8-15H2,1-5H3. The minimum atomic E-state index is -0.0298. The van der Waals surface area contributed by atoms with Crippen LogP contribution in [0.25, 0.3) is 22.3 Å². The lowest BCUT2D eigenvalue weighted by atomic mass is 9.86. The van der Waals surface area contributed by atoms with Crippen molar-refractivity contribution in [3.8, 4) is 11.4 Å². The number of ether oxygens (including phenoxy) is 1. The summed E-state index contributed by atoms with van der Waals surface area (Å²) in [6.07, 6.45) is 4.80. The molecule has 34 heavy (non-hydrogen) atoms. The van der Waals surface area contributed by atoms with E-state index in [9.17, 15) is 4.79 Å². The summed E-state index contributed by atoms with van der Waals surface area (Å²) in [7, 11) is 1.74. The summed E-state index contributed by atoms with van der Waals surface area (Å²) >= 11 is 0. The minimum absolute atomic E-state index is 0.0298. The maximum atomic E-state index is 12.4. The maximum absolute atomic E-state index is 12.4. The molecule has 2 fully saturated rings. The smallest absolute Gasteiger partial charge is 0.269 e. The number of aromatic nitrogens is 3. The van der Waals surface area contributed by atoms with Gasteiger partial charge in [0, 0.05) is 42.8 Å². The van der Waals surface area contributed by atoms with E-state index in [2.05, 4.69) is 47.0 Å². The first kappa shape index (κ1) is 23.3. The van der Waals surface area contributed by atoms with E-state index in [1.165, 1.54) is 60.0 Å². The van der Waals surface area contributed by atoms with Crippen LogP contribution in [0.1, 0.15) is 73.6 Å². The van der Waals surface area contributed by atoms with Crippen LogP contribution in [0, 0.1) is 13.8 Å². The summed E-state index contributed by atoms with van der Waals surface area (Å²) in [6.45, 7) is 12.6. The first-order valence-corrected chi connectivity index (χ1v) is 12.9. The molecule has 4 heterocycles. The highest BCUT2D eigenvalue weighted by atomic mass is 16.5. The van der Waals surface area contributed by atoms with Crippen LogP contribution < -0.4 is 5.56 Å². The number of aromatic amines is 1. The van der Waals surface area contributed by atoms with Crippen molar-refractivity contribution in [2.75, 3.05) is 26.3 Å². The van der Waals surface area contributed by atoms with Crippen molar-refractivity contribution in [3.05, 3.63) is 50.8 Å². The molecule has 0 saturated carbocycles. The monoisotopic (exact) mass is 462 g/mol. The number of H-pyrrole nitrogens is 1. The van der Waals surface area contributed by atoms with Crippen LogP contribution >= 0.6 is 0 Å². The molecule has 6 nitrogen and oxygen atoms in total. The van der Waals surface area contributed by atoms with E-state index in [0.717, 1.165) is 41.2 Å². The highest BCUT2D eigenvalue weighted by molar-refractivity contribution is 5.91. The third kappa shape index (κ3) is 4.11. The van der Waals surface area contributed by atoms with Crippen molar-refractivity contribution in [2.24, 2.45) is 7.05 Å². The predicted octanol–water partition coefficient (Wildman–Crippen LogP) is 5.03. The number of nitrogens with zero attached hydrogens (tertiary/aromatic N) is 3. The highest BCUT2D eigenvalue weighted by Crippen LogP contribution is 2.39. The number of piperidine rings is 1. The Morgan fingerprint density at radius 3 is 2.44 bits per heavy atom. The van der Waals surface area contributed by atoms with Crippen LogP contribution in [0.3, 0.4) is 0 Å². The van der Waals surface area contributed by atoms with E-state index < -0.39 is 0 Å². The largest absolute Gasteiger partial charge is 0.381 e. The molecule has 0 spiro atoms. The molecule has 1 N–H and O–H groups in total. The summed E-state index contributed by atoms with van der Waals surface area (Å²) in [5.41, 5.74) is 7.51.